The predicted molar refractivity (Wildman–Crippen MR) is 55.6 cm³/mol. The highest BCUT2D eigenvalue weighted by atomic mass is 79.9. The molecule has 0 saturated heterocycles. The average Bonchev–Trinajstić information content (AvgIpc) is 1.98. The van der Waals surface area contributed by atoms with Crippen molar-refractivity contribution in [2.24, 2.45) is 0 Å². The highest BCUT2D eigenvalue weighted by Crippen LogP contribution is 2.23. The molecular weight excluding hydrogens is 222 g/mol. The second-order valence-corrected chi connectivity index (χ2v) is 3.59. The zero-order valence-electron chi connectivity index (χ0n) is 6.26. The molecule has 0 bridgehead atoms. The molecule has 1 rings (SSSR count). The van der Waals surface area contributed by atoms with Gasteiger partial charge in [-0.1, -0.05) is 15.9 Å². The minimum Gasteiger partial charge on any atom is -0.384 e. The number of anilines is 1. The van der Waals surface area contributed by atoms with Crippen LogP contribution < -0.4 is 5.32 Å². The van der Waals surface area contributed by atoms with E-state index < -0.39 is 0 Å². The van der Waals surface area contributed by atoms with Crippen LogP contribution in [0.25, 0.3) is 0 Å². The number of rotatable bonds is 2. The molecule has 3 heteroatoms. The molecule has 0 unspecified atom stereocenters. The van der Waals surface area contributed by atoms with E-state index in [2.05, 4.69) is 40.8 Å². The molecule has 1 N–H and O–H groups in total. The van der Waals surface area contributed by atoms with Crippen LogP contribution in [0.3, 0.4) is 0 Å². The van der Waals surface area contributed by atoms with Gasteiger partial charge in [-0.15, -0.1) is 12.6 Å². The topological polar surface area (TPSA) is 12.0 Å². The Morgan fingerprint density at radius 3 is 2.91 bits per heavy atom. The molecule has 1 aromatic carbocycles. The van der Waals surface area contributed by atoms with E-state index in [-0.39, 0.29) is 0 Å². The standard InChI is InChI=1S/C8H10BrNS/c1-2-10-7-5-6(9)3-4-8(7)11/h3-5,10-11H,2H2,1H3. The van der Waals surface area contributed by atoms with Gasteiger partial charge in [0, 0.05) is 21.6 Å². The molecule has 0 fully saturated rings. The molecule has 0 aliphatic rings. The number of benzene rings is 1. The molecule has 1 aromatic rings. The lowest BCUT2D eigenvalue weighted by Gasteiger charge is -2.05. The first-order valence-electron chi connectivity index (χ1n) is 3.46. The number of hydrogen-bond acceptors (Lipinski definition) is 2. The lowest BCUT2D eigenvalue weighted by Crippen LogP contribution is -1.96. The number of nitrogens with one attached hydrogen (secondary N) is 1. The van der Waals surface area contributed by atoms with Crippen LogP contribution in [0.4, 0.5) is 5.69 Å². The van der Waals surface area contributed by atoms with Gasteiger partial charge in [0.15, 0.2) is 0 Å². The maximum atomic E-state index is 4.30. The third-order valence-electron chi connectivity index (χ3n) is 1.33. The van der Waals surface area contributed by atoms with Crippen molar-refractivity contribution in [1.29, 1.82) is 0 Å². The monoisotopic (exact) mass is 231 g/mol. The van der Waals surface area contributed by atoms with Crippen LogP contribution in [0.2, 0.25) is 0 Å². The van der Waals surface area contributed by atoms with Crippen molar-refractivity contribution in [3.63, 3.8) is 0 Å². The molecule has 0 aliphatic heterocycles. The first kappa shape index (κ1) is 8.94. The third-order valence-corrected chi connectivity index (χ3v) is 2.21. The fourth-order valence-corrected chi connectivity index (χ4v) is 1.42. The van der Waals surface area contributed by atoms with Crippen LogP contribution in [-0.2, 0) is 0 Å². The fourth-order valence-electron chi connectivity index (χ4n) is 0.840. The zero-order chi connectivity index (χ0) is 8.27. The van der Waals surface area contributed by atoms with Crippen LogP contribution in [0.1, 0.15) is 6.92 Å². The molecule has 0 saturated carbocycles. The highest BCUT2D eigenvalue weighted by Gasteiger charge is 1.96. The summed E-state index contributed by atoms with van der Waals surface area (Å²) >= 11 is 7.69. The third kappa shape index (κ3) is 2.42. The Balaban J connectivity index is 2.93. The molecule has 0 aliphatic carbocycles. The van der Waals surface area contributed by atoms with Gasteiger partial charge >= 0.3 is 0 Å². The van der Waals surface area contributed by atoms with E-state index in [9.17, 15) is 0 Å². The Bertz CT molecular complexity index is 250. The van der Waals surface area contributed by atoms with Gasteiger partial charge in [-0.05, 0) is 25.1 Å². The number of halogens is 1. The molecular formula is C8H10BrNS. The summed E-state index contributed by atoms with van der Waals surface area (Å²) in [4.78, 5) is 0.982. The van der Waals surface area contributed by atoms with Crippen LogP contribution in [0.5, 0.6) is 0 Å². The lowest BCUT2D eigenvalue weighted by molar-refractivity contribution is 1.19. The van der Waals surface area contributed by atoms with Gasteiger partial charge in [-0.2, -0.15) is 0 Å². The van der Waals surface area contributed by atoms with Crippen molar-refractivity contribution >= 4 is 34.2 Å². The van der Waals surface area contributed by atoms with E-state index in [0.717, 1.165) is 21.6 Å². The van der Waals surface area contributed by atoms with Gasteiger partial charge in [-0.3, -0.25) is 0 Å². The van der Waals surface area contributed by atoms with Gasteiger partial charge in [0.2, 0.25) is 0 Å². The summed E-state index contributed by atoms with van der Waals surface area (Å²) in [5.41, 5.74) is 1.07. The number of thiol groups is 1. The Hall–Kier alpha value is -0.150. The quantitative estimate of drug-likeness (QED) is 0.746. The maximum absolute atomic E-state index is 4.30. The smallest absolute Gasteiger partial charge is 0.0486 e. The van der Waals surface area contributed by atoms with E-state index in [1.807, 2.05) is 18.2 Å². The lowest BCUT2D eigenvalue weighted by atomic mass is 10.3. The first-order valence-corrected chi connectivity index (χ1v) is 4.70. The van der Waals surface area contributed by atoms with Crippen molar-refractivity contribution < 1.29 is 0 Å². The highest BCUT2D eigenvalue weighted by molar-refractivity contribution is 9.10. The molecule has 0 heterocycles. The zero-order valence-corrected chi connectivity index (χ0v) is 8.74. The first-order chi connectivity index (χ1) is 5.24. The van der Waals surface area contributed by atoms with Crippen LogP contribution in [-0.4, -0.2) is 6.54 Å². The van der Waals surface area contributed by atoms with Crippen molar-refractivity contribution in [2.75, 3.05) is 11.9 Å². The molecule has 0 radical (unpaired) electrons. The second kappa shape index (κ2) is 4.02. The van der Waals surface area contributed by atoms with E-state index in [0.29, 0.717) is 0 Å². The van der Waals surface area contributed by atoms with Crippen LogP contribution in [0, 0.1) is 0 Å². The SMILES string of the molecule is CCNc1cc(Br)ccc1S. The molecule has 60 valence electrons. The van der Waals surface area contributed by atoms with Gasteiger partial charge < -0.3 is 5.32 Å². The average molecular weight is 232 g/mol. The maximum Gasteiger partial charge on any atom is 0.0486 e. The predicted octanol–water partition coefficient (Wildman–Crippen LogP) is 3.17. The Morgan fingerprint density at radius 1 is 1.55 bits per heavy atom. The van der Waals surface area contributed by atoms with Crippen molar-refractivity contribution in [3.05, 3.63) is 22.7 Å². The molecule has 0 atom stereocenters. The normalized spacial score (nSPS) is 9.73. The van der Waals surface area contributed by atoms with Gasteiger partial charge in [0.1, 0.15) is 0 Å². The second-order valence-electron chi connectivity index (χ2n) is 2.19. The van der Waals surface area contributed by atoms with Crippen molar-refractivity contribution in [2.45, 2.75) is 11.8 Å². The van der Waals surface area contributed by atoms with Gasteiger partial charge in [-0.25, -0.2) is 0 Å². The summed E-state index contributed by atoms with van der Waals surface area (Å²) in [7, 11) is 0. The van der Waals surface area contributed by atoms with Gasteiger partial charge in [0.25, 0.3) is 0 Å². The Morgan fingerprint density at radius 2 is 2.27 bits per heavy atom. The van der Waals surface area contributed by atoms with Crippen LogP contribution in [0.15, 0.2) is 27.6 Å². The van der Waals surface area contributed by atoms with E-state index in [4.69, 9.17) is 0 Å². The summed E-state index contributed by atoms with van der Waals surface area (Å²) in [6.07, 6.45) is 0. The van der Waals surface area contributed by atoms with E-state index >= 15 is 0 Å². The van der Waals surface area contributed by atoms with Crippen molar-refractivity contribution in [1.82, 2.24) is 0 Å². The molecule has 0 spiro atoms. The summed E-state index contributed by atoms with van der Waals surface area (Å²) in [6.45, 7) is 2.98. The molecule has 11 heavy (non-hydrogen) atoms. The van der Waals surface area contributed by atoms with Crippen LogP contribution >= 0.6 is 28.6 Å². The number of hydrogen-bond donors (Lipinski definition) is 2. The van der Waals surface area contributed by atoms with Gasteiger partial charge in [0.05, 0.1) is 0 Å². The van der Waals surface area contributed by atoms with E-state index in [1.54, 1.807) is 0 Å². The van der Waals surface area contributed by atoms with Crippen molar-refractivity contribution in [3.8, 4) is 0 Å². The largest absolute Gasteiger partial charge is 0.384 e. The summed E-state index contributed by atoms with van der Waals surface area (Å²) in [6, 6.07) is 5.96. The summed E-state index contributed by atoms with van der Waals surface area (Å²) < 4.78 is 1.08. The Labute approximate surface area is 80.7 Å². The summed E-state index contributed by atoms with van der Waals surface area (Å²) in [5, 5.41) is 3.21. The van der Waals surface area contributed by atoms with E-state index in [1.165, 1.54) is 0 Å². The minimum atomic E-state index is 0.921. The Kier molecular flexibility index (Phi) is 3.27. The fraction of sp³-hybridized carbons (Fsp3) is 0.250. The molecule has 0 aromatic heterocycles. The molecule has 1 nitrogen and oxygen atoms in total. The minimum absolute atomic E-state index is 0.921. The summed E-state index contributed by atoms with van der Waals surface area (Å²) in [5.74, 6) is 0. The molecule has 0 amide bonds.